The fraction of sp³-hybridized carbons (Fsp3) is 1.00. The lowest BCUT2D eigenvalue weighted by Crippen LogP contribution is -2.55. The van der Waals surface area contributed by atoms with E-state index in [0.717, 1.165) is 19.4 Å². The van der Waals surface area contributed by atoms with Crippen molar-refractivity contribution in [3.05, 3.63) is 0 Å². The van der Waals surface area contributed by atoms with Crippen molar-refractivity contribution in [2.75, 3.05) is 6.54 Å². The van der Waals surface area contributed by atoms with E-state index in [1.807, 2.05) is 0 Å². The van der Waals surface area contributed by atoms with Crippen molar-refractivity contribution in [2.24, 2.45) is 5.41 Å². The molecule has 0 amide bonds. The summed E-state index contributed by atoms with van der Waals surface area (Å²) in [5.41, 5.74) is 0.298. The van der Waals surface area contributed by atoms with Gasteiger partial charge in [-0.05, 0) is 44.1 Å². The molecular formula is C16H31NOS. The number of nitrogens with one attached hydrogen (secondary N) is 1. The van der Waals surface area contributed by atoms with Crippen LogP contribution in [0.3, 0.4) is 0 Å². The molecule has 3 heteroatoms. The Morgan fingerprint density at radius 1 is 1.16 bits per heavy atom. The summed E-state index contributed by atoms with van der Waals surface area (Å²) in [4.78, 5) is 0. The number of rotatable bonds is 5. The summed E-state index contributed by atoms with van der Waals surface area (Å²) in [5, 5.41) is 4.60. The molecule has 3 unspecified atom stereocenters. The maximum atomic E-state index is 12.9. The van der Waals surface area contributed by atoms with Crippen LogP contribution < -0.4 is 5.32 Å². The minimum absolute atomic E-state index is 0.298. The van der Waals surface area contributed by atoms with Crippen LogP contribution in [0.2, 0.25) is 0 Å². The lowest BCUT2D eigenvalue weighted by Gasteiger charge is -2.45. The van der Waals surface area contributed by atoms with Crippen LogP contribution in [0.1, 0.15) is 72.1 Å². The molecule has 2 rings (SSSR count). The first-order valence-corrected chi connectivity index (χ1v) is 9.46. The highest BCUT2D eigenvalue weighted by atomic mass is 32.2. The van der Waals surface area contributed by atoms with Crippen LogP contribution in [0, 0.1) is 5.41 Å². The van der Waals surface area contributed by atoms with E-state index in [0.29, 0.717) is 22.0 Å². The molecule has 0 aliphatic heterocycles. The van der Waals surface area contributed by atoms with Crippen LogP contribution in [0.15, 0.2) is 0 Å². The summed E-state index contributed by atoms with van der Waals surface area (Å²) in [7, 11) is -0.624. The van der Waals surface area contributed by atoms with Gasteiger partial charge in [0.25, 0.3) is 0 Å². The first-order chi connectivity index (χ1) is 9.06. The second-order valence-corrected chi connectivity index (χ2v) is 9.02. The lowest BCUT2D eigenvalue weighted by molar-refractivity contribution is 0.172. The van der Waals surface area contributed by atoms with Crippen LogP contribution in [0.25, 0.3) is 0 Å². The van der Waals surface area contributed by atoms with E-state index in [2.05, 4.69) is 26.1 Å². The molecule has 2 fully saturated rings. The predicted molar refractivity (Wildman–Crippen MR) is 83.9 cm³/mol. The van der Waals surface area contributed by atoms with Gasteiger partial charge in [0, 0.05) is 22.1 Å². The highest BCUT2D eigenvalue weighted by Crippen LogP contribution is 2.40. The van der Waals surface area contributed by atoms with Gasteiger partial charge in [-0.2, -0.15) is 0 Å². The molecule has 0 heterocycles. The van der Waals surface area contributed by atoms with Gasteiger partial charge in [0.1, 0.15) is 0 Å². The van der Waals surface area contributed by atoms with Gasteiger partial charge in [-0.3, -0.25) is 4.21 Å². The second-order valence-electron chi connectivity index (χ2n) is 7.09. The van der Waals surface area contributed by atoms with Gasteiger partial charge < -0.3 is 5.32 Å². The van der Waals surface area contributed by atoms with E-state index in [-0.39, 0.29) is 0 Å². The molecule has 0 spiro atoms. The molecule has 3 atom stereocenters. The minimum atomic E-state index is -0.624. The van der Waals surface area contributed by atoms with Gasteiger partial charge in [0.2, 0.25) is 0 Å². The number of hydrogen-bond donors (Lipinski definition) is 1. The third kappa shape index (κ3) is 3.60. The van der Waals surface area contributed by atoms with Crippen molar-refractivity contribution in [3.63, 3.8) is 0 Å². The van der Waals surface area contributed by atoms with E-state index in [1.165, 1.54) is 38.5 Å². The average Bonchev–Trinajstić information content (AvgIpc) is 2.89. The Bertz CT molecular complexity index is 310. The van der Waals surface area contributed by atoms with Crippen LogP contribution in [-0.2, 0) is 10.8 Å². The molecule has 0 aromatic heterocycles. The topological polar surface area (TPSA) is 29.1 Å². The average molecular weight is 285 g/mol. The summed E-state index contributed by atoms with van der Waals surface area (Å²) in [6.07, 6.45) is 9.82. The SMILES string of the molecule is CCCNC1C(S(=O)C2CCCC2)CCCC1(C)C. The molecule has 0 aromatic carbocycles. The number of hydrogen-bond acceptors (Lipinski definition) is 2. The van der Waals surface area contributed by atoms with Crippen molar-refractivity contribution in [3.8, 4) is 0 Å². The normalized spacial score (nSPS) is 33.4. The summed E-state index contributed by atoms with van der Waals surface area (Å²) in [6.45, 7) is 7.99. The Kier molecular flexibility index (Phi) is 5.47. The molecule has 112 valence electrons. The molecule has 2 saturated carbocycles. The third-order valence-electron chi connectivity index (χ3n) is 5.07. The monoisotopic (exact) mass is 285 g/mol. The van der Waals surface area contributed by atoms with Crippen molar-refractivity contribution in [1.29, 1.82) is 0 Å². The molecule has 1 N–H and O–H groups in total. The van der Waals surface area contributed by atoms with Crippen LogP contribution in [0.5, 0.6) is 0 Å². The van der Waals surface area contributed by atoms with Crippen molar-refractivity contribution < 1.29 is 4.21 Å². The van der Waals surface area contributed by atoms with Crippen LogP contribution in [-0.4, -0.2) is 27.3 Å². The summed E-state index contributed by atoms with van der Waals surface area (Å²) < 4.78 is 12.9. The van der Waals surface area contributed by atoms with E-state index in [1.54, 1.807) is 0 Å². The standard InChI is InChI=1S/C16H31NOS/c1-4-12-17-15-14(10-7-11-16(15,2)3)19(18)13-8-5-6-9-13/h13-15,17H,4-12H2,1-3H3. The first kappa shape index (κ1) is 15.5. The Morgan fingerprint density at radius 3 is 2.47 bits per heavy atom. The van der Waals surface area contributed by atoms with Crippen molar-refractivity contribution in [1.82, 2.24) is 5.32 Å². The molecule has 0 bridgehead atoms. The molecular weight excluding hydrogens is 254 g/mol. The summed E-state index contributed by atoms with van der Waals surface area (Å²) in [6, 6.07) is 0.447. The fourth-order valence-corrected chi connectivity index (χ4v) is 6.33. The zero-order valence-electron chi connectivity index (χ0n) is 12.9. The fourth-order valence-electron chi connectivity index (χ4n) is 3.91. The highest BCUT2D eigenvalue weighted by molar-refractivity contribution is 7.86. The Labute approximate surface area is 121 Å². The Balaban J connectivity index is 2.08. The Hall–Kier alpha value is 0.110. The maximum absolute atomic E-state index is 12.9. The van der Waals surface area contributed by atoms with Gasteiger partial charge in [0.05, 0.1) is 5.25 Å². The van der Waals surface area contributed by atoms with Gasteiger partial charge in [-0.15, -0.1) is 0 Å². The quantitative estimate of drug-likeness (QED) is 0.836. The molecule has 0 saturated heterocycles. The molecule has 2 nitrogen and oxygen atoms in total. The van der Waals surface area contributed by atoms with Gasteiger partial charge >= 0.3 is 0 Å². The maximum Gasteiger partial charge on any atom is 0.0509 e. The van der Waals surface area contributed by atoms with Crippen molar-refractivity contribution >= 4 is 10.8 Å². The smallest absolute Gasteiger partial charge is 0.0509 e. The zero-order valence-corrected chi connectivity index (χ0v) is 13.7. The van der Waals surface area contributed by atoms with Crippen LogP contribution in [0.4, 0.5) is 0 Å². The van der Waals surface area contributed by atoms with Gasteiger partial charge in [-0.1, -0.05) is 40.0 Å². The molecule has 2 aliphatic carbocycles. The minimum Gasteiger partial charge on any atom is -0.312 e. The third-order valence-corrected chi connectivity index (χ3v) is 7.30. The lowest BCUT2D eigenvalue weighted by atomic mass is 9.73. The van der Waals surface area contributed by atoms with E-state index >= 15 is 0 Å². The second kappa shape index (κ2) is 6.71. The zero-order chi connectivity index (χ0) is 13.9. The molecule has 0 aromatic rings. The van der Waals surface area contributed by atoms with Gasteiger partial charge in [-0.25, -0.2) is 0 Å². The van der Waals surface area contributed by atoms with E-state index in [9.17, 15) is 4.21 Å². The predicted octanol–water partition coefficient (Wildman–Crippen LogP) is 3.62. The highest BCUT2D eigenvalue weighted by Gasteiger charge is 2.43. The van der Waals surface area contributed by atoms with Gasteiger partial charge in [0.15, 0.2) is 0 Å². The molecule has 2 aliphatic rings. The first-order valence-electron chi connectivity index (χ1n) is 8.19. The molecule has 0 radical (unpaired) electrons. The summed E-state index contributed by atoms with van der Waals surface area (Å²) in [5.74, 6) is 0. The summed E-state index contributed by atoms with van der Waals surface area (Å²) >= 11 is 0. The van der Waals surface area contributed by atoms with E-state index in [4.69, 9.17) is 0 Å². The van der Waals surface area contributed by atoms with Crippen LogP contribution >= 0.6 is 0 Å². The van der Waals surface area contributed by atoms with Crippen molar-refractivity contribution in [2.45, 2.75) is 88.7 Å². The van der Waals surface area contributed by atoms with E-state index < -0.39 is 10.8 Å². The Morgan fingerprint density at radius 2 is 1.84 bits per heavy atom. The molecule has 19 heavy (non-hydrogen) atoms. The largest absolute Gasteiger partial charge is 0.312 e.